The summed E-state index contributed by atoms with van der Waals surface area (Å²) in [6.45, 7) is 0. The molecule has 1 aliphatic rings. The Hall–Kier alpha value is -0.920. The summed E-state index contributed by atoms with van der Waals surface area (Å²) in [7, 11) is -3.58. The van der Waals surface area contributed by atoms with Crippen molar-refractivity contribution in [3.63, 3.8) is 0 Å². The van der Waals surface area contributed by atoms with Gasteiger partial charge in [0.25, 0.3) is 0 Å². The number of rotatable bonds is 6. The normalized spacial score (nSPS) is 17.1. The van der Waals surface area contributed by atoms with Gasteiger partial charge in [-0.2, -0.15) is 4.72 Å². The van der Waals surface area contributed by atoms with E-state index in [0.29, 0.717) is 10.0 Å². The molecule has 0 heterocycles. The molecule has 0 bridgehead atoms. The molecule has 1 aliphatic carbocycles. The quantitative estimate of drug-likeness (QED) is 0.823. The van der Waals surface area contributed by atoms with Crippen LogP contribution >= 0.6 is 15.9 Å². The first kappa shape index (κ1) is 14.5. The SMILES string of the molecule is O=C(O)C(NS(=O)(=O)CC1CC1)c1ccccc1Br. The molecule has 1 atom stereocenters. The summed E-state index contributed by atoms with van der Waals surface area (Å²) in [4.78, 5) is 11.3. The van der Waals surface area contributed by atoms with Gasteiger partial charge in [-0.1, -0.05) is 34.1 Å². The first-order valence-electron chi connectivity index (χ1n) is 5.86. The van der Waals surface area contributed by atoms with Crippen molar-refractivity contribution in [3.05, 3.63) is 34.3 Å². The maximum Gasteiger partial charge on any atom is 0.326 e. The highest BCUT2D eigenvalue weighted by Crippen LogP contribution is 2.31. The summed E-state index contributed by atoms with van der Waals surface area (Å²) in [5, 5.41) is 9.22. The predicted octanol–water partition coefficient (Wildman–Crippen LogP) is 1.90. The smallest absolute Gasteiger partial charge is 0.326 e. The van der Waals surface area contributed by atoms with E-state index in [1.54, 1.807) is 24.3 Å². The average Bonchev–Trinajstić information content (AvgIpc) is 3.10. The number of aliphatic carboxylic acids is 1. The van der Waals surface area contributed by atoms with Crippen molar-refractivity contribution >= 4 is 31.9 Å². The molecule has 0 aromatic heterocycles. The molecule has 7 heteroatoms. The van der Waals surface area contributed by atoms with Crippen LogP contribution < -0.4 is 4.72 Å². The summed E-state index contributed by atoms with van der Waals surface area (Å²) in [6, 6.07) is 5.42. The van der Waals surface area contributed by atoms with Gasteiger partial charge in [-0.15, -0.1) is 0 Å². The van der Waals surface area contributed by atoms with Crippen LogP contribution in [0.2, 0.25) is 0 Å². The lowest BCUT2D eigenvalue weighted by Gasteiger charge is -2.16. The first-order chi connectivity index (χ1) is 8.89. The Kier molecular flexibility index (Phi) is 4.27. The molecular weight excluding hydrogens is 334 g/mol. The topological polar surface area (TPSA) is 83.5 Å². The highest BCUT2D eigenvalue weighted by Gasteiger charge is 2.32. The molecule has 0 aliphatic heterocycles. The lowest BCUT2D eigenvalue weighted by molar-refractivity contribution is -0.139. The van der Waals surface area contributed by atoms with E-state index < -0.39 is 22.0 Å². The third-order valence-electron chi connectivity index (χ3n) is 2.91. The van der Waals surface area contributed by atoms with E-state index in [4.69, 9.17) is 0 Å². The summed E-state index contributed by atoms with van der Waals surface area (Å²) in [6.07, 6.45) is 1.79. The molecule has 0 saturated heterocycles. The highest BCUT2D eigenvalue weighted by molar-refractivity contribution is 9.10. The molecule has 1 aromatic rings. The minimum absolute atomic E-state index is 0.00122. The van der Waals surface area contributed by atoms with Gasteiger partial charge in [0.2, 0.25) is 10.0 Å². The number of sulfonamides is 1. The Morgan fingerprint density at radius 3 is 2.58 bits per heavy atom. The monoisotopic (exact) mass is 347 g/mol. The van der Waals surface area contributed by atoms with Gasteiger partial charge in [-0.05, 0) is 30.4 Å². The maximum atomic E-state index is 11.9. The van der Waals surface area contributed by atoms with Gasteiger partial charge in [0.15, 0.2) is 0 Å². The first-order valence-corrected chi connectivity index (χ1v) is 8.31. The molecule has 0 spiro atoms. The number of nitrogens with one attached hydrogen (secondary N) is 1. The number of carbonyl (C=O) groups is 1. The standard InChI is InChI=1S/C12H14BrNO4S/c13-10-4-2-1-3-9(10)11(12(15)16)14-19(17,18)7-8-5-6-8/h1-4,8,11,14H,5-7H2,(H,15,16). The van der Waals surface area contributed by atoms with E-state index in [9.17, 15) is 18.3 Å². The van der Waals surface area contributed by atoms with Crippen molar-refractivity contribution in [1.29, 1.82) is 0 Å². The summed E-state index contributed by atoms with van der Waals surface area (Å²) in [5.74, 6) is -1.04. The van der Waals surface area contributed by atoms with Crippen molar-refractivity contribution in [2.75, 3.05) is 5.75 Å². The minimum Gasteiger partial charge on any atom is -0.480 e. The van der Waals surface area contributed by atoms with Crippen LogP contribution in [0.3, 0.4) is 0 Å². The number of halogens is 1. The fraction of sp³-hybridized carbons (Fsp3) is 0.417. The third-order valence-corrected chi connectivity index (χ3v) is 5.14. The van der Waals surface area contributed by atoms with Crippen LogP contribution in [0.1, 0.15) is 24.4 Å². The van der Waals surface area contributed by atoms with Crippen LogP contribution in [0.25, 0.3) is 0 Å². The van der Waals surface area contributed by atoms with Crippen molar-refractivity contribution in [2.45, 2.75) is 18.9 Å². The second-order valence-electron chi connectivity index (χ2n) is 4.64. The molecule has 1 aromatic carbocycles. The van der Waals surface area contributed by atoms with E-state index >= 15 is 0 Å². The average molecular weight is 348 g/mol. The lowest BCUT2D eigenvalue weighted by Crippen LogP contribution is -2.35. The molecular formula is C12H14BrNO4S. The Morgan fingerprint density at radius 2 is 2.05 bits per heavy atom. The Bertz CT molecular complexity index is 583. The lowest BCUT2D eigenvalue weighted by atomic mass is 10.1. The second-order valence-corrected chi connectivity index (χ2v) is 7.29. The van der Waals surface area contributed by atoms with E-state index in [1.165, 1.54) is 0 Å². The van der Waals surface area contributed by atoms with Crippen LogP contribution in [-0.4, -0.2) is 25.2 Å². The van der Waals surface area contributed by atoms with Crippen LogP contribution in [0.4, 0.5) is 0 Å². The van der Waals surface area contributed by atoms with E-state index in [-0.39, 0.29) is 11.7 Å². The second kappa shape index (κ2) is 5.60. The van der Waals surface area contributed by atoms with E-state index in [0.717, 1.165) is 12.8 Å². The molecule has 0 amide bonds. The predicted molar refractivity (Wildman–Crippen MR) is 74.2 cm³/mol. The van der Waals surface area contributed by atoms with E-state index in [2.05, 4.69) is 20.7 Å². The summed E-state index contributed by atoms with van der Waals surface area (Å²) < 4.78 is 26.6. The van der Waals surface area contributed by atoms with Crippen LogP contribution in [-0.2, 0) is 14.8 Å². The van der Waals surface area contributed by atoms with Crippen molar-refractivity contribution in [2.24, 2.45) is 5.92 Å². The number of carboxylic acids is 1. The summed E-state index contributed by atoms with van der Waals surface area (Å²) >= 11 is 3.24. The zero-order valence-electron chi connectivity index (χ0n) is 10.0. The van der Waals surface area contributed by atoms with Gasteiger partial charge >= 0.3 is 5.97 Å². The highest BCUT2D eigenvalue weighted by atomic mass is 79.9. The zero-order valence-corrected chi connectivity index (χ0v) is 12.4. The van der Waals surface area contributed by atoms with Crippen molar-refractivity contribution in [3.8, 4) is 0 Å². The molecule has 2 rings (SSSR count). The molecule has 1 saturated carbocycles. The molecule has 1 fully saturated rings. The summed E-state index contributed by atoms with van der Waals surface area (Å²) in [5.41, 5.74) is 0.398. The van der Waals surface area contributed by atoms with Gasteiger partial charge < -0.3 is 5.11 Å². The molecule has 19 heavy (non-hydrogen) atoms. The largest absolute Gasteiger partial charge is 0.480 e. The fourth-order valence-electron chi connectivity index (χ4n) is 1.78. The maximum absolute atomic E-state index is 11.9. The molecule has 5 nitrogen and oxygen atoms in total. The molecule has 104 valence electrons. The van der Waals surface area contributed by atoms with Crippen LogP contribution in [0, 0.1) is 5.92 Å². The Labute approximate surface area is 120 Å². The third kappa shape index (κ3) is 4.02. The van der Waals surface area contributed by atoms with Gasteiger partial charge in [0.05, 0.1) is 5.75 Å². The molecule has 2 N–H and O–H groups in total. The van der Waals surface area contributed by atoms with Crippen molar-refractivity contribution in [1.82, 2.24) is 4.72 Å². The van der Waals surface area contributed by atoms with Gasteiger partial charge in [-0.25, -0.2) is 8.42 Å². The zero-order chi connectivity index (χ0) is 14.0. The number of carboxylic acid groups (broad SMARTS) is 1. The van der Waals surface area contributed by atoms with E-state index in [1.807, 2.05) is 0 Å². The Morgan fingerprint density at radius 1 is 1.42 bits per heavy atom. The number of hydrogen-bond donors (Lipinski definition) is 2. The van der Waals surface area contributed by atoms with Crippen LogP contribution in [0.5, 0.6) is 0 Å². The number of benzene rings is 1. The number of hydrogen-bond acceptors (Lipinski definition) is 3. The Balaban J connectivity index is 2.21. The van der Waals surface area contributed by atoms with Crippen molar-refractivity contribution < 1.29 is 18.3 Å². The van der Waals surface area contributed by atoms with Gasteiger partial charge in [-0.3, -0.25) is 4.79 Å². The fourth-order valence-corrected chi connectivity index (χ4v) is 3.93. The van der Waals surface area contributed by atoms with Gasteiger partial charge in [0.1, 0.15) is 6.04 Å². The minimum atomic E-state index is -3.58. The molecule has 0 radical (unpaired) electrons. The molecule has 1 unspecified atom stereocenters. The van der Waals surface area contributed by atoms with Gasteiger partial charge in [0, 0.05) is 4.47 Å². The van der Waals surface area contributed by atoms with Crippen LogP contribution in [0.15, 0.2) is 28.7 Å².